The summed E-state index contributed by atoms with van der Waals surface area (Å²) in [6.45, 7) is 1.89. The maximum Gasteiger partial charge on any atom is 0.228 e. The second kappa shape index (κ2) is 7.24. The number of piperidine rings is 1. The van der Waals surface area contributed by atoms with Crippen LogP contribution in [0.15, 0.2) is 36.9 Å². The van der Waals surface area contributed by atoms with Crippen LogP contribution in [0.3, 0.4) is 0 Å². The fraction of sp³-hybridized carbons (Fsp3) is 0.316. The summed E-state index contributed by atoms with van der Waals surface area (Å²) in [5, 5.41) is 4.79. The Bertz CT molecular complexity index is 965. The molecule has 1 saturated heterocycles. The highest BCUT2D eigenvalue weighted by Gasteiger charge is 2.23. The number of nitrogens with zero attached hydrogens (tertiary/aromatic N) is 5. The van der Waals surface area contributed by atoms with Crippen LogP contribution >= 0.6 is 0 Å². The maximum absolute atomic E-state index is 12.5. The number of carbonyl (C=O) groups excluding carboxylic acids is 1. The van der Waals surface area contributed by atoms with Crippen molar-refractivity contribution in [2.75, 3.05) is 31.2 Å². The number of amides is 1. The summed E-state index contributed by atoms with van der Waals surface area (Å²) in [5.41, 5.74) is 7.05. The number of carbonyl (C=O) groups is 1. The zero-order valence-electron chi connectivity index (χ0n) is 15.1. The lowest BCUT2D eigenvalue weighted by Gasteiger charge is -2.27. The minimum absolute atomic E-state index is 0.0381. The van der Waals surface area contributed by atoms with Crippen LogP contribution in [0.4, 0.5) is 11.8 Å². The van der Waals surface area contributed by atoms with Crippen LogP contribution in [0.1, 0.15) is 12.8 Å². The van der Waals surface area contributed by atoms with Crippen LogP contribution in [0.5, 0.6) is 0 Å². The van der Waals surface area contributed by atoms with E-state index >= 15 is 0 Å². The molecule has 8 nitrogen and oxygen atoms in total. The summed E-state index contributed by atoms with van der Waals surface area (Å²) in [4.78, 5) is 31.5. The van der Waals surface area contributed by atoms with Gasteiger partial charge in [0.05, 0.1) is 5.69 Å². The molecule has 0 unspecified atom stereocenters. The zero-order valence-corrected chi connectivity index (χ0v) is 15.1. The molecule has 27 heavy (non-hydrogen) atoms. The number of hydrogen-bond donors (Lipinski definition) is 2. The number of nitrogen functional groups attached to an aromatic ring is 1. The van der Waals surface area contributed by atoms with Crippen LogP contribution in [0, 0.1) is 5.92 Å². The number of likely N-dealkylation sites (tertiary alicyclic amines) is 1. The van der Waals surface area contributed by atoms with Gasteiger partial charge >= 0.3 is 0 Å². The molecule has 0 bridgehead atoms. The van der Waals surface area contributed by atoms with Gasteiger partial charge in [-0.2, -0.15) is 0 Å². The summed E-state index contributed by atoms with van der Waals surface area (Å²) in [7, 11) is 2.08. The Labute approximate surface area is 156 Å². The predicted molar refractivity (Wildman–Crippen MR) is 104 cm³/mol. The molecule has 0 atom stereocenters. The van der Waals surface area contributed by atoms with Crippen molar-refractivity contribution in [3.8, 4) is 11.3 Å². The molecular formula is C19H21N7O. The summed E-state index contributed by atoms with van der Waals surface area (Å²) in [5.74, 6) is 0.856. The Balaban J connectivity index is 1.55. The summed E-state index contributed by atoms with van der Waals surface area (Å²) in [6, 6.07) is 3.79. The molecule has 3 N–H and O–H groups in total. The van der Waals surface area contributed by atoms with Crippen molar-refractivity contribution in [3.63, 3.8) is 0 Å². The Kier molecular flexibility index (Phi) is 4.64. The van der Waals surface area contributed by atoms with Crippen molar-refractivity contribution < 1.29 is 4.79 Å². The van der Waals surface area contributed by atoms with E-state index in [-0.39, 0.29) is 17.8 Å². The molecule has 0 spiro atoms. The van der Waals surface area contributed by atoms with Gasteiger partial charge in [-0.25, -0.2) is 15.0 Å². The fourth-order valence-electron chi connectivity index (χ4n) is 3.23. The van der Waals surface area contributed by atoms with E-state index in [1.807, 2.05) is 12.1 Å². The second-order valence-corrected chi connectivity index (χ2v) is 6.88. The maximum atomic E-state index is 12.5. The van der Waals surface area contributed by atoms with Gasteiger partial charge in [0.25, 0.3) is 0 Å². The molecule has 0 saturated carbocycles. The molecule has 4 heterocycles. The molecule has 0 aromatic carbocycles. The topological polar surface area (TPSA) is 110 Å². The lowest BCUT2D eigenvalue weighted by Crippen LogP contribution is -2.36. The smallest absolute Gasteiger partial charge is 0.228 e. The summed E-state index contributed by atoms with van der Waals surface area (Å²) >= 11 is 0. The molecule has 4 rings (SSSR count). The largest absolute Gasteiger partial charge is 0.368 e. The Morgan fingerprint density at radius 1 is 1.04 bits per heavy atom. The van der Waals surface area contributed by atoms with Crippen molar-refractivity contribution in [1.29, 1.82) is 0 Å². The van der Waals surface area contributed by atoms with Crippen molar-refractivity contribution in [3.05, 3.63) is 36.9 Å². The minimum atomic E-state index is 0.0381. The van der Waals surface area contributed by atoms with Crippen molar-refractivity contribution in [2.24, 2.45) is 5.92 Å². The van der Waals surface area contributed by atoms with Crippen LogP contribution in [-0.2, 0) is 4.79 Å². The van der Waals surface area contributed by atoms with E-state index in [0.717, 1.165) is 48.0 Å². The molecule has 1 aliphatic rings. The number of fused-ring (bicyclic) bond motifs is 1. The van der Waals surface area contributed by atoms with E-state index < -0.39 is 0 Å². The quantitative estimate of drug-likeness (QED) is 0.732. The molecule has 138 valence electrons. The van der Waals surface area contributed by atoms with E-state index in [1.54, 1.807) is 24.8 Å². The highest BCUT2D eigenvalue weighted by atomic mass is 16.1. The van der Waals surface area contributed by atoms with Gasteiger partial charge in [0, 0.05) is 41.7 Å². The highest BCUT2D eigenvalue weighted by molar-refractivity contribution is 5.94. The number of nitrogens with two attached hydrogens (primary N) is 1. The fourth-order valence-corrected chi connectivity index (χ4v) is 3.23. The third-order valence-corrected chi connectivity index (χ3v) is 4.91. The van der Waals surface area contributed by atoms with E-state index in [2.05, 4.69) is 37.2 Å². The molecule has 0 aliphatic carbocycles. The summed E-state index contributed by atoms with van der Waals surface area (Å²) < 4.78 is 0. The first-order valence-electron chi connectivity index (χ1n) is 8.91. The van der Waals surface area contributed by atoms with Gasteiger partial charge < -0.3 is 16.0 Å². The van der Waals surface area contributed by atoms with Crippen molar-refractivity contribution in [2.45, 2.75) is 12.8 Å². The standard InChI is InChI=1S/C19H21N7O/c1-26-4-2-12(3-5-26)18(27)25-17-7-13-6-16(21-8-14(13)9-22-17)15-10-23-19(20)24-11-15/h6-12H,2-5H2,1H3,(H2,20,23,24)(H,22,25,27). The molecule has 1 aliphatic heterocycles. The first-order chi connectivity index (χ1) is 13.1. The molecule has 0 radical (unpaired) electrons. The normalized spacial score (nSPS) is 15.7. The van der Waals surface area contributed by atoms with Crippen LogP contribution in [0.2, 0.25) is 0 Å². The first kappa shape index (κ1) is 17.3. The molecular weight excluding hydrogens is 342 g/mol. The number of anilines is 2. The summed E-state index contributed by atoms with van der Waals surface area (Å²) in [6.07, 6.45) is 8.50. The minimum Gasteiger partial charge on any atom is -0.368 e. The van der Waals surface area contributed by atoms with Crippen molar-refractivity contribution in [1.82, 2.24) is 24.8 Å². The van der Waals surface area contributed by atoms with Gasteiger partial charge in [-0.15, -0.1) is 0 Å². The third kappa shape index (κ3) is 3.85. The van der Waals surface area contributed by atoms with Gasteiger partial charge in [0.1, 0.15) is 5.82 Å². The van der Waals surface area contributed by atoms with Gasteiger partial charge in [0.2, 0.25) is 11.9 Å². The van der Waals surface area contributed by atoms with E-state index in [9.17, 15) is 4.79 Å². The SMILES string of the molecule is CN1CCC(C(=O)Nc2cc3cc(-c4cnc(N)nc4)ncc3cn2)CC1. The Morgan fingerprint density at radius 3 is 2.48 bits per heavy atom. The first-order valence-corrected chi connectivity index (χ1v) is 8.91. The lowest BCUT2D eigenvalue weighted by molar-refractivity contribution is -0.121. The number of aromatic nitrogens is 4. The molecule has 3 aromatic heterocycles. The highest BCUT2D eigenvalue weighted by Crippen LogP contribution is 2.23. The Morgan fingerprint density at radius 2 is 1.74 bits per heavy atom. The van der Waals surface area contributed by atoms with Crippen LogP contribution < -0.4 is 11.1 Å². The van der Waals surface area contributed by atoms with E-state index in [0.29, 0.717) is 5.82 Å². The number of nitrogens with one attached hydrogen (secondary N) is 1. The average Bonchev–Trinajstić information content (AvgIpc) is 2.68. The average molecular weight is 363 g/mol. The van der Waals surface area contributed by atoms with Gasteiger partial charge in [-0.3, -0.25) is 9.78 Å². The number of pyridine rings is 2. The molecule has 1 fully saturated rings. The molecule has 1 amide bonds. The number of rotatable bonds is 3. The van der Waals surface area contributed by atoms with E-state index in [1.165, 1.54) is 0 Å². The van der Waals surface area contributed by atoms with Crippen LogP contribution in [0.25, 0.3) is 22.0 Å². The predicted octanol–water partition coefficient (Wildman–Crippen LogP) is 1.95. The zero-order chi connectivity index (χ0) is 18.8. The monoisotopic (exact) mass is 363 g/mol. The van der Waals surface area contributed by atoms with Crippen molar-refractivity contribution >= 4 is 28.4 Å². The van der Waals surface area contributed by atoms with E-state index in [4.69, 9.17) is 5.73 Å². The third-order valence-electron chi connectivity index (χ3n) is 4.91. The molecule has 3 aromatic rings. The second-order valence-electron chi connectivity index (χ2n) is 6.88. The van der Waals surface area contributed by atoms with Gasteiger partial charge in [-0.1, -0.05) is 0 Å². The molecule has 8 heteroatoms. The van der Waals surface area contributed by atoms with Gasteiger partial charge in [-0.05, 0) is 50.5 Å². The number of hydrogen-bond acceptors (Lipinski definition) is 7. The Hall–Kier alpha value is -3.13. The van der Waals surface area contributed by atoms with Crippen LogP contribution in [-0.4, -0.2) is 50.9 Å². The lowest BCUT2D eigenvalue weighted by atomic mass is 9.96. The van der Waals surface area contributed by atoms with Gasteiger partial charge in [0.15, 0.2) is 0 Å².